The molecule has 0 radical (unpaired) electrons. The van der Waals surface area contributed by atoms with Gasteiger partial charge < -0.3 is 20.9 Å². The summed E-state index contributed by atoms with van der Waals surface area (Å²) < 4.78 is 9.82. The molecule has 0 fully saturated rings. The van der Waals surface area contributed by atoms with Gasteiger partial charge in [-0.15, -0.1) is 0 Å². The molecule has 0 bridgehead atoms. The average molecular weight is 269 g/mol. The van der Waals surface area contributed by atoms with Crippen LogP contribution < -0.4 is 16.2 Å². The molecule has 0 aliphatic rings. The first kappa shape index (κ1) is 17.3. The molecule has 1 aromatic heterocycles. The smallest absolute Gasteiger partial charge is 0.307 e. The maximum absolute atomic E-state index is 10.3. The fourth-order valence-electron chi connectivity index (χ4n) is 1.04. The Morgan fingerprint density at radius 3 is 2.63 bits per heavy atom. The summed E-state index contributed by atoms with van der Waals surface area (Å²) in [6, 6.07) is 5.58. The molecule has 0 saturated carbocycles. The van der Waals surface area contributed by atoms with Gasteiger partial charge in [-0.2, -0.15) is 0 Å². The minimum atomic E-state index is -0.213. The number of hydrogen-bond donors (Lipinski definition) is 2. The Hall–Kier alpha value is -1.66. The first-order chi connectivity index (χ1) is 9.24. The highest BCUT2D eigenvalue weighted by molar-refractivity contribution is 5.69. The van der Waals surface area contributed by atoms with E-state index >= 15 is 0 Å². The predicted molar refractivity (Wildman–Crippen MR) is 73.7 cm³/mol. The molecular formula is C13H23N3O3. The van der Waals surface area contributed by atoms with E-state index < -0.39 is 0 Å². The molecular weight excluding hydrogens is 246 g/mol. The molecule has 1 heterocycles. The summed E-state index contributed by atoms with van der Waals surface area (Å²) in [6.07, 6.45) is 2.90. The van der Waals surface area contributed by atoms with Crippen molar-refractivity contribution in [3.05, 3.63) is 24.4 Å². The highest BCUT2D eigenvalue weighted by atomic mass is 16.5. The molecule has 19 heavy (non-hydrogen) atoms. The van der Waals surface area contributed by atoms with Crippen molar-refractivity contribution in [1.29, 1.82) is 0 Å². The summed E-state index contributed by atoms with van der Waals surface area (Å²) >= 11 is 0. The SMILES string of the molecule is CCOC(=O)CCN.NCCCOc1ccccn1. The maximum atomic E-state index is 10.3. The van der Waals surface area contributed by atoms with Gasteiger partial charge in [0, 0.05) is 18.8 Å². The maximum Gasteiger partial charge on any atom is 0.307 e. The van der Waals surface area contributed by atoms with E-state index in [1.807, 2.05) is 18.2 Å². The third kappa shape index (κ3) is 11.2. The summed E-state index contributed by atoms with van der Waals surface area (Å²) in [5.74, 6) is 0.455. The van der Waals surface area contributed by atoms with E-state index in [0.29, 0.717) is 38.6 Å². The molecule has 108 valence electrons. The molecule has 0 aromatic carbocycles. The molecule has 6 heteroatoms. The summed E-state index contributed by atoms with van der Waals surface area (Å²) in [5, 5.41) is 0. The van der Waals surface area contributed by atoms with Gasteiger partial charge in [0.2, 0.25) is 5.88 Å². The second kappa shape index (κ2) is 12.8. The Bertz CT molecular complexity index is 312. The molecule has 0 aliphatic heterocycles. The number of esters is 1. The van der Waals surface area contributed by atoms with Crippen LogP contribution in [0.25, 0.3) is 0 Å². The topological polar surface area (TPSA) is 100 Å². The monoisotopic (exact) mass is 269 g/mol. The molecule has 1 aromatic rings. The lowest BCUT2D eigenvalue weighted by Gasteiger charge is -2.01. The van der Waals surface area contributed by atoms with E-state index in [4.69, 9.17) is 16.2 Å². The highest BCUT2D eigenvalue weighted by Crippen LogP contribution is 2.02. The van der Waals surface area contributed by atoms with E-state index in [-0.39, 0.29) is 5.97 Å². The molecule has 0 amide bonds. The van der Waals surface area contributed by atoms with Crippen LogP contribution >= 0.6 is 0 Å². The van der Waals surface area contributed by atoms with Gasteiger partial charge in [-0.1, -0.05) is 6.07 Å². The first-order valence-corrected chi connectivity index (χ1v) is 6.34. The molecule has 0 aliphatic carbocycles. The van der Waals surface area contributed by atoms with Crippen LogP contribution in [0.2, 0.25) is 0 Å². The molecule has 0 spiro atoms. The van der Waals surface area contributed by atoms with Crippen LogP contribution in [-0.2, 0) is 9.53 Å². The minimum Gasteiger partial charge on any atom is -0.478 e. The Morgan fingerprint density at radius 1 is 1.32 bits per heavy atom. The molecule has 1 rings (SSSR count). The molecule has 0 unspecified atom stereocenters. The molecule has 4 N–H and O–H groups in total. The quantitative estimate of drug-likeness (QED) is 0.558. The van der Waals surface area contributed by atoms with Crippen molar-refractivity contribution in [2.75, 3.05) is 26.3 Å². The second-order valence-corrected chi connectivity index (χ2v) is 3.50. The zero-order valence-corrected chi connectivity index (χ0v) is 11.4. The van der Waals surface area contributed by atoms with E-state index in [2.05, 4.69) is 9.72 Å². The number of hydrogen-bond acceptors (Lipinski definition) is 6. The van der Waals surface area contributed by atoms with Crippen molar-refractivity contribution in [1.82, 2.24) is 4.98 Å². The molecule has 0 saturated heterocycles. The Labute approximate surface area is 114 Å². The fourth-order valence-corrected chi connectivity index (χ4v) is 1.04. The van der Waals surface area contributed by atoms with E-state index in [1.54, 1.807) is 13.1 Å². The lowest BCUT2D eigenvalue weighted by Crippen LogP contribution is -2.10. The van der Waals surface area contributed by atoms with Crippen LogP contribution in [0.15, 0.2) is 24.4 Å². The fraction of sp³-hybridized carbons (Fsp3) is 0.538. The standard InChI is InChI=1S/C8H12N2O.C5H11NO2/c9-5-3-7-11-8-4-1-2-6-10-8;1-2-8-5(7)3-4-6/h1-2,4,6H,3,5,7,9H2;2-4,6H2,1H3. The average Bonchev–Trinajstić information content (AvgIpc) is 2.42. The van der Waals surface area contributed by atoms with Crippen LogP contribution in [0.3, 0.4) is 0 Å². The van der Waals surface area contributed by atoms with Crippen molar-refractivity contribution in [3.8, 4) is 5.88 Å². The minimum absolute atomic E-state index is 0.213. The van der Waals surface area contributed by atoms with Gasteiger partial charge in [0.05, 0.1) is 19.6 Å². The van der Waals surface area contributed by atoms with Crippen LogP contribution in [-0.4, -0.2) is 37.3 Å². The third-order valence-electron chi connectivity index (χ3n) is 1.89. The van der Waals surface area contributed by atoms with Crippen molar-refractivity contribution >= 4 is 5.97 Å². The zero-order chi connectivity index (χ0) is 14.3. The van der Waals surface area contributed by atoms with E-state index in [1.165, 1.54) is 0 Å². The number of carbonyl (C=O) groups excluding carboxylic acids is 1. The molecule has 0 atom stereocenters. The second-order valence-electron chi connectivity index (χ2n) is 3.50. The van der Waals surface area contributed by atoms with Crippen LogP contribution in [0.1, 0.15) is 19.8 Å². The van der Waals surface area contributed by atoms with Gasteiger partial charge >= 0.3 is 5.97 Å². The van der Waals surface area contributed by atoms with E-state index in [9.17, 15) is 4.79 Å². The van der Waals surface area contributed by atoms with Crippen molar-refractivity contribution < 1.29 is 14.3 Å². The van der Waals surface area contributed by atoms with E-state index in [0.717, 1.165) is 6.42 Å². The van der Waals surface area contributed by atoms with Crippen molar-refractivity contribution in [2.24, 2.45) is 11.5 Å². The number of aromatic nitrogens is 1. The Balaban J connectivity index is 0.000000362. The summed E-state index contributed by atoms with van der Waals surface area (Å²) in [6.45, 7) is 3.90. The number of rotatable bonds is 7. The Kier molecular flexibility index (Phi) is 11.7. The number of nitrogens with two attached hydrogens (primary N) is 2. The van der Waals surface area contributed by atoms with Crippen LogP contribution in [0, 0.1) is 0 Å². The first-order valence-electron chi connectivity index (χ1n) is 6.34. The summed E-state index contributed by atoms with van der Waals surface area (Å²) in [4.78, 5) is 14.3. The lowest BCUT2D eigenvalue weighted by atomic mass is 10.4. The van der Waals surface area contributed by atoms with Gasteiger partial charge in [-0.05, 0) is 26.0 Å². The molecule has 6 nitrogen and oxygen atoms in total. The number of pyridine rings is 1. The van der Waals surface area contributed by atoms with Gasteiger partial charge in [0.25, 0.3) is 0 Å². The van der Waals surface area contributed by atoms with Gasteiger partial charge in [0.15, 0.2) is 0 Å². The van der Waals surface area contributed by atoms with Crippen LogP contribution in [0.5, 0.6) is 5.88 Å². The summed E-state index contributed by atoms with van der Waals surface area (Å²) in [7, 11) is 0. The largest absolute Gasteiger partial charge is 0.478 e. The highest BCUT2D eigenvalue weighted by Gasteiger charge is 1.95. The van der Waals surface area contributed by atoms with Gasteiger partial charge in [-0.3, -0.25) is 4.79 Å². The van der Waals surface area contributed by atoms with Gasteiger partial charge in [0.1, 0.15) is 0 Å². The Morgan fingerprint density at radius 2 is 2.11 bits per heavy atom. The van der Waals surface area contributed by atoms with Crippen molar-refractivity contribution in [2.45, 2.75) is 19.8 Å². The number of nitrogens with zero attached hydrogens (tertiary/aromatic N) is 1. The predicted octanol–water partition coefficient (Wildman–Crippen LogP) is 0.708. The zero-order valence-electron chi connectivity index (χ0n) is 11.4. The third-order valence-corrected chi connectivity index (χ3v) is 1.89. The van der Waals surface area contributed by atoms with Crippen molar-refractivity contribution in [3.63, 3.8) is 0 Å². The summed E-state index contributed by atoms with van der Waals surface area (Å²) in [5.41, 5.74) is 10.4. The normalized spacial score (nSPS) is 9.21. The lowest BCUT2D eigenvalue weighted by molar-refractivity contribution is -0.142. The number of ether oxygens (including phenoxy) is 2. The van der Waals surface area contributed by atoms with Crippen LogP contribution in [0.4, 0.5) is 0 Å². The number of carbonyl (C=O) groups is 1. The van der Waals surface area contributed by atoms with Gasteiger partial charge in [-0.25, -0.2) is 4.98 Å².